The normalized spacial score (nSPS) is 12.1. The molecule has 1 aromatic carbocycles. The highest BCUT2D eigenvalue weighted by Crippen LogP contribution is 2.18. The van der Waals surface area contributed by atoms with Crippen molar-refractivity contribution in [2.75, 3.05) is 13.6 Å². The molecule has 1 atom stereocenters. The zero-order valence-corrected chi connectivity index (χ0v) is 8.72. The smallest absolute Gasteiger partial charge is 0.317 e. The molecule has 0 saturated heterocycles. The number of rotatable bonds is 4. The molecular weight excluding hydrogens is 211 g/mol. The number of aliphatic carboxylic acids is 1. The molecule has 0 aliphatic heterocycles. The Morgan fingerprint density at radius 3 is 2.56 bits per heavy atom. The van der Waals surface area contributed by atoms with E-state index in [4.69, 9.17) is 10.4 Å². The minimum absolute atomic E-state index is 0.240. The second-order valence-corrected chi connectivity index (χ2v) is 3.39. The van der Waals surface area contributed by atoms with Crippen LogP contribution < -0.4 is 0 Å². The van der Waals surface area contributed by atoms with Gasteiger partial charge in [0.2, 0.25) is 0 Å². The predicted molar refractivity (Wildman–Crippen MR) is 55.0 cm³/mol. The number of hydrogen-bond acceptors (Lipinski definition) is 3. The molecule has 1 rings (SSSR count). The Morgan fingerprint density at radius 2 is 2.12 bits per heavy atom. The minimum atomic E-state index is -1.01. The van der Waals surface area contributed by atoms with E-state index >= 15 is 0 Å². The summed E-state index contributed by atoms with van der Waals surface area (Å²) in [6.45, 7) is -0.240. The van der Waals surface area contributed by atoms with Crippen molar-refractivity contribution in [3.05, 3.63) is 35.6 Å². The van der Waals surface area contributed by atoms with Crippen LogP contribution in [-0.4, -0.2) is 29.6 Å². The highest BCUT2D eigenvalue weighted by Gasteiger charge is 2.18. The van der Waals surface area contributed by atoms with E-state index in [2.05, 4.69) is 0 Å². The second kappa shape index (κ2) is 5.24. The summed E-state index contributed by atoms with van der Waals surface area (Å²) >= 11 is 0. The van der Waals surface area contributed by atoms with Crippen LogP contribution in [0.3, 0.4) is 0 Å². The fourth-order valence-corrected chi connectivity index (χ4v) is 1.38. The number of nitriles is 1. The summed E-state index contributed by atoms with van der Waals surface area (Å²) in [6.07, 6.45) is 0. The molecule has 0 heterocycles. The molecule has 0 aromatic heterocycles. The van der Waals surface area contributed by atoms with Crippen LogP contribution >= 0.6 is 0 Å². The number of nitrogens with zero attached hydrogens (tertiary/aromatic N) is 2. The molecule has 0 saturated carbocycles. The van der Waals surface area contributed by atoms with Gasteiger partial charge in [-0.1, -0.05) is 12.1 Å². The van der Waals surface area contributed by atoms with Gasteiger partial charge in [-0.05, 0) is 24.7 Å². The van der Waals surface area contributed by atoms with E-state index in [1.165, 1.54) is 36.2 Å². The van der Waals surface area contributed by atoms with Crippen molar-refractivity contribution in [1.29, 1.82) is 5.26 Å². The first-order valence-corrected chi connectivity index (χ1v) is 4.61. The molecule has 0 bridgehead atoms. The number of benzene rings is 1. The highest BCUT2D eigenvalue weighted by molar-refractivity contribution is 5.69. The zero-order valence-electron chi connectivity index (χ0n) is 8.72. The summed E-state index contributed by atoms with van der Waals surface area (Å²) < 4.78 is 12.7. The Labute approximate surface area is 92.5 Å². The second-order valence-electron chi connectivity index (χ2n) is 3.39. The predicted octanol–water partition coefficient (Wildman–Crippen LogP) is 1.41. The summed E-state index contributed by atoms with van der Waals surface area (Å²) in [5, 5.41) is 17.6. The number of carboxylic acid groups (broad SMARTS) is 1. The van der Waals surface area contributed by atoms with Gasteiger partial charge in [0.1, 0.15) is 11.9 Å². The van der Waals surface area contributed by atoms with Gasteiger partial charge in [0.05, 0.1) is 12.6 Å². The lowest BCUT2D eigenvalue weighted by Crippen LogP contribution is -2.29. The van der Waals surface area contributed by atoms with E-state index in [0.717, 1.165) is 0 Å². The van der Waals surface area contributed by atoms with E-state index in [-0.39, 0.29) is 12.4 Å². The summed E-state index contributed by atoms with van der Waals surface area (Å²) in [7, 11) is 1.53. The summed E-state index contributed by atoms with van der Waals surface area (Å²) in [4.78, 5) is 11.9. The summed E-state index contributed by atoms with van der Waals surface area (Å²) in [5.74, 6) is -1.40. The van der Waals surface area contributed by atoms with E-state index in [0.29, 0.717) is 5.56 Å². The minimum Gasteiger partial charge on any atom is -0.480 e. The molecule has 0 aliphatic carbocycles. The lowest BCUT2D eigenvalue weighted by molar-refractivity contribution is -0.138. The van der Waals surface area contributed by atoms with Crippen LogP contribution in [0.15, 0.2) is 24.3 Å². The Kier molecular flexibility index (Phi) is 3.97. The molecule has 0 amide bonds. The Bertz CT molecular complexity index is 411. The maximum atomic E-state index is 12.7. The SMILES string of the molecule is CN(CC(=O)O)C(C#N)c1ccc(F)cc1. The molecule has 0 spiro atoms. The third kappa shape index (κ3) is 3.04. The fourth-order valence-electron chi connectivity index (χ4n) is 1.38. The topological polar surface area (TPSA) is 64.3 Å². The van der Waals surface area contributed by atoms with Gasteiger partial charge >= 0.3 is 5.97 Å². The third-order valence-corrected chi connectivity index (χ3v) is 2.13. The maximum absolute atomic E-state index is 12.7. The van der Waals surface area contributed by atoms with Crippen LogP contribution in [0.2, 0.25) is 0 Å². The maximum Gasteiger partial charge on any atom is 0.317 e. The van der Waals surface area contributed by atoms with Crippen molar-refractivity contribution < 1.29 is 14.3 Å². The van der Waals surface area contributed by atoms with Crippen molar-refractivity contribution in [1.82, 2.24) is 4.90 Å². The molecule has 1 unspecified atom stereocenters. The monoisotopic (exact) mass is 222 g/mol. The van der Waals surface area contributed by atoms with Crippen LogP contribution in [-0.2, 0) is 4.79 Å². The van der Waals surface area contributed by atoms with E-state index in [1.54, 1.807) is 0 Å². The Morgan fingerprint density at radius 1 is 1.56 bits per heavy atom. The highest BCUT2D eigenvalue weighted by atomic mass is 19.1. The van der Waals surface area contributed by atoms with Gasteiger partial charge in [-0.2, -0.15) is 5.26 Å². The molecule has 4 nitrogen and oxygen atoms in total. The molecule has 0 aliphatic rings. The van der Waals surface area contributed by atoms with Gasteiger partial charge in [0.25, 0.3) is 0 Å². The van der Waals surface area contributed by atoms with Gasteiger partial charge in [-0.15, -0.1) is 0 Å². The summed E-state index contributed by atoms with van der Waals surface area (Å²) in [6, 6.07) is 6.74. The average Bonchev–Trinajstić information content (AvgIpc) is 2.21. The van der Waals surface area contributed by atoms with Crippen LogP contribution in [0, 0.1) is 17.1 Å². The lowest BCUT2D eigenvalue weighted by atomic mass is 10.1. The fraction of sp³-hybridized carbons (Fsp3) is 0.273. The molecule has 84 valence electrons. The van der Waals surface area contributed by atoms with E-state index < -0.39 is 12.0 Å². The first-order valence-electron chi connectivity index (χ1n) is 4.61. The van der Waals surface area contributed by atoms with Crippen LogP contribution in [0.4, 0.5) is 4.39 Å². The van der Waals surface area contributed by atoms with Crippen molar-refractivity contribution in [2.45, 2.75) is 6.04 Å². The Balaban J connectivity index is 2.86. The Hall–Kier alpha value is -1.93. The number of likely N-dealkylation sites (N-methyl/N-ethyl adjacent to an activating group) is 1. The van der Waals surface area contributed by atoms with Crippen molar-refractivity contribution >= 4 is 5.97 Å². The summed E-state index contributed by atoms with van der Waals surface area (Å²) in [5.41, 5.74) is 0.577. The number of hydrogen-bond donors (Lipinski definition) is 1. The number of halogens is 1. The third-order valence-electron chi connectivity index (χ3n) is 2.13. The first-order chi connectivity index (χ1) is 7.54. The zero-order chi connectivity index (χ0) is 12.1. The molecule has 5 heteroatoms. The van der Waals surface area contributed by atoms with Crippen molar-refractivity contribution in [2.24, 2.45) is 0 Å². The molecular formula is C11H11FN2O2. The average molecular weight is 222 g/mol. The number of carboxylic acids is 1. The number of carbonyl (C=O) groups is 1. The van der Waals surface area contributed by atoms with Gasteiger partial charge in [-0.3, -0.25) is 9.69 Å². The van der Waals surface area contributed by atoms with Crippen LogP contribution in [0.1, 0.15) is 11.6 Å². The standard InChI is InChI=1S/C11H11FN2O2/c1-14(7-11(15)16)10(6-13)8-2-4-9(12)5-3-8/h2-5,10H,7H2,1H3,(H,15,16). The van der Waals surface area contributed by atoms with Crippen LogP contribution in [0.25, 0.3) is 0 Å². The van der Waals surface area contributed by atoms with Gasteiger partial charge in [-0.25, -0.2) is 4.39 Å². The lowest BCUT2D eigenvalue weighted by Gasteiger charge is -2.20. The van der Waals surface area contributed by atoms with Gasteiger partial charge in [0.15, 0.2) is 0 Å². The van der Waals surface area contributed by atoms with Crippen molar-refractivity contribution in [3.8, 4) is 6.07 Å². The molecule has 0 fully saturated rings. The molecule has 1 N–H and O–H groups in total. The molecule has 1 aromatic rings. The largest absolute Gasteiger partial charge is 0.480 e. The van der Waals surface area contributed by atoms with Gasteiger partial charge < -0.3 is 5.11 Å². The quantitative estimate of drug-likeness (QED) is 0.836. The molecule has 0 radical (unpaired) electrons. The van der Waals surface area contributed by atoms with E-state index in [9.17, 15) is 9.18 Å². The van der Waals surface area contributed by atoms with Crippen LogP contribution in [0.5, 0.6) is 0 Å². The molecule has 16 heavy (non-hydrogen) atoms. The first kappa shape index (κ1) is 12.1. The van der Waals surface area contributed by atoms with Crippen molar-refractivity contribution in [3.63, 3.8) is 0 Å². The van der Waals surface area contributed by atoms with E-state index in [1.807, 2.05) is 6.07 Å². The van der Waals surface area contributed by atoms with Gasteiger partial charge in [0, 0.05) is 0 Å².